The quantitative estimate of drug-likeness (QED) is 0.658. The Hall–Kier alpha value is -0.220. The molecule has 100 valence electrons. The Kier molecular flexibility index (Phi) is 6.34. The van der Waals surface area contributed by atoms with E-state index in [1.807, 2.05) is 18.7 Å². The van der Waals surface area contributed by atoms with Gasteiger partial charge >= 0.3 is 5.97 Å². The second kappa shape index (κ2) is 7.27. The molecule has 1 saturated carbocycles. The minimum absolute atomic E-state index is 0.702. The summed E-state index contributed by atoms with van der Waals surface area (Å²) in [6.07, 6.45) is 6.21. The summed E-state index contributed by atoms with van der Waals surface area (Å²) in [5.41, 5.74) is -0.753. The largest absolute Gasteiger partial charge is 0.480 e. The maximum Gasteiger partial charge on any atom is 0.323 e. The second-order valence-corrected chi connectivity index (χ2v) is 6.29. The molecule has 0 bridgehead atoms. The van der Waals surface area contributed by atoms with Gasteiger partial charge in [0.05, 0.1) is 0 Å². The lowest BCUT2D eigenvalue weighted by atomic mass is 9.99. The van der Waals surface area contributed by atoms with Crippen LogP contribution in [0.5, 0.6) is 0 Å². The third-order valence-corrected chi connectivity index (χ3v) is 4.81. The predicted molar refractivity (Wildman–Crippen MR) is 73.6 cm³/mol. The van der Waals surface area contributed by atoms with Crippen LogP contribution in [0.25, 0.3) is 0 Å². The van der Waals surface area contributed by atoms with Gasteiger partial charge in [-0.1, -0.05) is 19.8 Å². The van der Waals surface area contributed by atoms with Crippen LogP contribution in [0.3, 0.4) is 0 Å². The maximum atomic E-state index is 11.2. The first-order valence-corrected chi connectivity index (χ1v) is 7.80. The SMILES string of the molecule is CCNC(C)(CCSCC1CCCC1)C(=O)O. The van der Waals surface area contributed by atoms with Crippen molar-refractivity contribution in [3.8, 4) is 0 Å². The fourth-order valence-corrected chi connectivity index (χ4v) is 3.75. The molecule has 4 heteroatoms. The minimum atomic E-state index is -0.753. The molecule has 0 amide bonds. The van der Waals surface area contributed by atoms with Crippen molar-refractivity contribution in [1.29, 1.82) is 0 Å². The Morgan fingerprint density at radius 3 is 2.65 bits per heavy atom. The minimum Gasteiger partial charge on any atom is -0.480 e. The van der Waals surface area contributed by atoms with Gasteiger partial charge < -0.3 is 10.4 Å². The standard InChI is InChI=1S/C13H25NO2S/c1-3-14-13(2,12(15)16)8-9-17-10-11-6-4-5-7-11/h11,14H,3-10H2,1-2H3,(H,15,16). The Morgan fingerprint density at radius 2 is 2.12 bits per heavy atom. The maximum absolute atomic E-state index is 11.2. The van der Waals surface area contributed by atoms with Crippen molar-refractivity contribution < 1.29 is 9.90 Å². The lowest BCUT2D eigenvalue weighted by Gasteiger charge is -2.25. The molecule has 0 heterocycles. The highest BCUT2D eigenvalue weighted by Crippen LogP contribution is 2.28. The fraction of sp³-hybridized carbons (Fsp3) is 0.923. The molecular weight excluding hydrogens is 234 g/mol. The van der Waals surface area contributed by atoms with E-state index in [-0.39, 0.29) is 0 Å². The van der Waals surface area contributed by atoms with Crippen LogP contribution < -0.4 is 5.32 Å². The van der Waals surface area contributed by atoms with Crippen LogP contribution in [0.4, 0.5) is 0 Å². The molecule has 1 aliphatic rings. The van der Waals surface area contributed by atoms with Crippen molar-refractivity contribution in [3.63, 3.8) is 0 Å². The van der Waals surface area contributed by atoms with E-state index in [1.54, 1.807) is 6.92 Å². The summed E-state index contributed by atoms with van der Waals surface area (Å²) in [5.74, 6) is 2.30. The van der Waals surface area contributed by atoms with E-state index in [9.17, 15) is 9.90 Å². The molecule has 3 nitrogen and oxygen atoms in total. The van der Waals surface area contributed by atoms with Crippen LogP contribution >= 0.6 is 11.8 Å². The first-order chi connectivity index (χ1) is 8.08. The molecule has 17 heavy (non-hydrogen) atoms. The number of hydrogen-bond donors (Lipinski definition) is 2. The van der Waals surface area contributed by atoms with E-state index in [0.717, 1.165) is 11.7 Å². The van der Waals surface area contributed by atoms with Gasteiger partial charge in [0.25, 0.3) is 0 Å². The lowest BCUT2D eigenvalue weighted by Crippen LogP contribution is -2.49. The normalized spacial score (nSPS) is 20.4. The second-order valence-electron chi connectivity index (χ2n) is 5.14. The summed E-state index contributed by atoms with van der Waals surface area (Å²) >= 11 is 1.92. The Labute approximate surface area is 109 Å². The van der Waals surface area contributed by atoms with Gasteiger partial charge in [-0.15, -0.1) is 0 Å². The highest BCUT2D eigenvalue weighted by Gasteiger charge is 2.31. The molecule has 1 unspecified atom stereocenters. The van der Waals surface area contributed by atoms with E-state index >= 15 is 0 Å². The zero-order valence-corrected chi connectivity index (χ0v) is 11.8. The molecule has 0 aromatic carbocycles. The number of likely N-dealkylation sites (N-methyl/N-ethyl adjacent to an activating group) is 1. The predicted octanol–water partition coefficient (Wildman–Crippen LogP) is 2.75. The average molecular weight is 259 g/mol. The summed E-state index contributed by atoms with van der Waals surface area (Å²) in [5, 5.41) is 12.3. The average Bonchev–Trinajstić information content (AvgIpc) is 2.77. The number of nitrogens with one attached hydrogen (secondary N) is 1. The van der Waals surface area contributed by atoms with Crippen molar-refractivity contribution in [1.82, 2.24) is 5.32 Å². The summed E-state index contributed by atoms with van der Waals surface area (Å²) < 4.78 is 0. The Balaban J connectivity index is 2.20. The Bertz CT molecular complexity index is 242. The summed E-state index contributed by atoms with van der Waals surface area (Å²) in [6.45, 7) is 4.44. The van der Waals surface area contributed by atoms with E-state index in [4.69, 9.17) is 0 Å². The number of carbonyl (C=O) groups is 1. The number of rotatable bonds is 8. The van der Waals surface area contributed by atoms with Gasteiger partial charge in [0, 0.05) is 0 Å². The third-order valence-electron chi connectivity index (χ3n) is 3.61. The molecule has 0 aromatic rings. The highest BCUT2D eigenvalue weighted by molar-refractivity contribution is 7.99. The molecule has 1 atom stereocenters. The molecule has 1 fully saturated rings. The molecule has 1 rings (SSSR count). The van der Waals surface area contributed by atoms with Crippen molar-refractivity contribution in [2.24, 2.45) is 5.92 Å². The number of carboxylic acids is 1. The van der Waals surface area contributed by atoms with Gasteiger partial charge in [0.2, 0.25) is 0 Å². The number of aliphatic carboxylic acids is 1. The fourth-order valence-electron chi connectivity index (χ4n) is 2.36. The van der Waals surface area contributed by atoms with Gasteiger partial charge in [-0.2, -0.15) is 11.8 Å². The molecule has 0 aliphatic heterocycles. The zero-order chi connectivity index (χ0) is 12.7. The summed E-state index contributed by atoms with van der Waals surface area (Å²) in [7, 11) is 0. The number of carboxylic acid groups (broad SMARTS) is 1. The van der Waals surface area contributed by atoms with Crippen molar-refractivity contribution in [2.45, 2.75) is 51.5 Å². The third kappa shape index (κ3) is 4.88. The molecular formula is C13H25NO2S. The smallest absolute Gasteiger partial charge is 0.323 e. The molecule has 1 aliphatic carbocycles. The molecule has 0 aromatic heterocycles. The van der Waals surface area contributed by atoms with Crippen molar-refractivity contribution >= 4 is 17.7 Å². The topological polar surface area (TPSA) is 49.3 Å². The lowest BCUT2D eigenvalue weighted by molar-refractivity contribution is -0.144. The first kappa shape index (κ1) is 14.8. The Morgan fingerprint density at radius 1 is 1.47 bits per heavy atom. The van der Waals surface area contributed by atoms with E-state index in [2.05, 4.69) is 5.32 Å². The number of thioether (sulfide) groups is 1. The van der Waals surface area contributed by atoms with E-state index < -0.39 is 11.5 Å². The monoisotopic (exact) mass is 259 g/mol. The van der Waals surface area contributed by atoms with Crippen LogP contribution in [-0.2, 0) is 4.79 Å². The molecule has 0 radical (unpaired) electrons. The van der Waals surface area contributed by atoms with Gasteiger partial charge in [0.15, 0.2) is 0 Å². The van der Waals surface area contributed by atoms with Gasteiger partial charge in [-0.3, -0.25) is 4.79 Å². The van der Waals surface area contributed by atoms with Gasteiger partial charge in [-0.05, 0) is 50.2 Å². The van der Waals surface area contributed by atoms with Crippen molar-refractivity contribution in [3.05, 3.63) is 0 Å². The van der Waals surface area contributed by atoms with Crippen LogP contribution in [0.1, 0.15) is 46.0 Å². The van der Waals surface area contributed by atoms with E-state index in [0.29, 0.717) is 13.0 Å². The van der Waals surface area contributed by atoms with Gasteiger partial charge in [0.1, 0.15) is 5.54 Å². The van der Waals surface area contributed by atoms with Crippen LogP contribution in [-0.4, -0.2) is 34.7 Å². The van der Waals surface area contributed by atoms with Crippen LogP contribution in [0.2, 0.25) is 0 Å². The first-order valence-electron chi connectivity index (χ1n) is 6.64. The summed E-state index contributed by atoms with van der Waals surface area (Å²) in [4.78, 5) is 11.2. The molecule has 0 saturated heterocycles. The molecule has 0 spiro atoms. The highest BCUT2D eigenvalue weighted by atomic mass is 32.2. The van der Waals surface area contributed by atoms with Crippen molar-refractivity contribution in [2.75, 3.05) is 18.1 Å². The summed E-state index contributed by atoms with van der Waals surface area (Å²) in [6, 6.07) is 0. The number of hydrogen-bond acceptors (Lipinski definition) is 3. The zero-order valence-electron chi connectivity index (χ0n) is 11.0. The van der Waals surface area contributed by atoms with Crippen LogP contribution in [0, 0.1) is 5.92 Å². The van der Waals surface area contributed by atoms with E-state index in [1.165, 1.54) is 31.4 Å². The van der Waals surface area contributed by atoms with Gasteiger partial charge in [-0.25, -0.2) is 0 Å². The van der Waals surface area contributed by atoms with Crippen LogP contribution in [0.15, 0.2) is 0 Å². The molecule has 2 N–H and O–H groups in total.